The zero-order valence-electron chi connectivity index (χ0n) is 11.0. The van der Waals surface area contributed by atoms with Gasteiger partial charge in [0.25, 0.3) is 0 Å². The van der Waals surface area contributed by atoms with Crippen molar-refractivity contribution in [2.75, 3.05) is 13.1 Å². The molecule has 2 rings (SSSR count). The number of ether oxygens (including phenoxy) is 1. The minimum absolute atomic E-state index is 0.145. The van der Waals surface area contributed by atoms with E-state index in [0.29, 0.717) is 6.54 Å². The largest absolute Gasteiger partial charge is 0.373 e. The van der Waals surface area contributed by atoms with Crippen LogP contribution in [0.5, 0.6) is 0 Å². The van der Waals surface area contributed by atoms with Gasteiger partial charge in [-0.25, -0.2) is 0 Å². The molecule has 2 atom stereocenters. The van der Waals surface area contributed by atoms with Crippen LogP contribution in [0, 0.1) is 15.9 Å². The second kappa shape index (κ2) is 5.63. The van der Waals surface area contributed by atoms with Crippen LogP contribution in [0.2, 0.25) is 0 Å². The molecule has 0 saturated carbocycles. The molecule has 0 bridgehead atoms. The summed E-state index contributed by atoms with van der Waals surface area (Å²) in [4.78, 5) is 12.0. The van der Waals surface area contributed by atoms with E-state index in [4.69, 9.17) is 4.74 Å². The van der Waals surface area contributed by atoms with Gasteiger partial charge in [-0.2, -0.15) is 4.39 Å². The van der Waals surface area contributed by atoms with Crippen molar-refractivity contribution in [3.05, 3.63) is 39.7 Å². The van der Waals surface area contributed by atoms with Crippen LogP contribution in [0.3, 0.4) is 0 Å². The minimum Gasteiger partial charge on any atom is -0.373 e. The zero-order valence-corrected chi connectivity index (χ0v) is 11.0. The minimum atomic E-state index is -0.781. The first-order valence-corrected chi connectivity index (χ1v) is 6.26. The van der Waals surface area contributed by atoms with E-state index in [1.807, 2.05) is 13.8 Å². The van der Waals surface area contributed by atoms with Gasteiger partial charge in [0.1, 0.15) is 0 Å². The van der Waals surface area contributed by atoms with Gasteiger partial charge < -0.3 is 4.74 Å². The molecule has 19 heavy (non-hydrogen) atoms. The molecule has 1 aliphatic heterocycles. The summed E-state index contributed by atoms with van der Waals surface area (Å²) >= 11 is 0. The zero-order chi connectivity index (χ0) is 14.0. The summed E-state index contributed by atoms with van der Waals surface area (Å²) in [6.07, 6.45) is 0.290. The first-order chi connectivity index (χ1) is 8.95. The third kappa shape index (κ3) is 3.48. The van der Waals surface area contributed by atoms with E-state index in [9.17, 15) is 14.5 Å². The molecule has 1 aliphatic rings. The smallest absolute Gasteiger partial charge is 0.304 e. The van der Waals surface area contributed by atoms with Crippen molar-refractivity contribution in [3.63, 3.8) is 0 Å². The van der Waals surface area contributed by atoms with E-state index in [-0.39, 0.29) is 12.2 Å². The van der Waals surface area contributed by atoms with Gasteiger partial charge in [-0.1, -0.05) is 6.07 Å². The Balaban J connectivity index is 2.07. The molecule has 1 fully saturated rings. The highest BCUT2D eigenvalue weighted by molar-refractivity contribution is 5.35. The molecule has 104 valence electrons. The maximum atomic E-state index is 13.5. The molecule has 0 aliphatic carbocycles. The van der Waals surface area contributed by atoms with Crippen molar-refractivity contribution in [1.29, 1.82) is 0 Å². The first-order valence-electron chi connectivity index (χ1n) is 6.26. The quantitative estimate of drug-likeness (QED) is 0.623. The molecule has 1 saturated heterocycles. The van der Waals surface area contributed by atoms with Crippen LogP contribution in [0.4, 0.5) is 10.1 Å². The van der Waals surface area contributed by atoms with Gasteiger partial charge in [0.2, 0.25) is 5.82 Å². The van der Waals surface area contributed by atoms with E-state index in [1.165, 1.54) is 12.1 Å². The highest BCUT2D eigenvalue weighted by Gasteiger charge is 2.22. The lowest BCUT2D eigenvalue weighted by Crippen LogP contribution is -2.44. The number of hydrogen-bond acceptors (Lipinski definition) is 4. The number of nitro groups is 1. The summed E-state index contributed by atoms with van der Waals surface area (Å²) in [6, 6.07) is 4.06. The summed E-state index contributed by atoms with van der Waals surface area (Å²) < 4.78 is 19.1. The van der Waals surface area contributed by atoms with Gasteiger partial charge >= 0.3 is 5.69 Å². The van der Waals surface area contributed by atoms with Gasteiger partial charge in [-0.3, -0.25) is 15.0 Å². The van der Waals surface area contributed by atoms with Crippen LogP contribution < -0.4 is 0 Å². The third-order valence-corrected chi connectivity index (χ3v) is 3.11. The van der Waals surface area contributed by atoms with Gasteiger partial charge in [0.05, 0.1) is 17.1 Å². The predicted octanol–water partition coefficient (Wildman–Crippen LogP) is 2.34. The van der Waals surface area contributed by atoms with Gasteiger partial charge in [-0.05, 0) is 25.5 Å². The topological polar surface area (TPSA) is 55.6 Å². The molecule has 0 N–H and O–H groups in total. The van der Waals surface area contributed by atoms with Crippen LogP contribution in [0.25, 0.3) is 0 Å². The number of nitro benzene ring substituents is 1. The lowest BCUT2D eigenvalue weighted by atomic mass is 10.1. The number of hydrogen-bond donors (Lipinski definition) is 0. The van der Waals surface area contributed by atoms with Gasteiger partial charge in [0, 0.05) is 25.7 Å². The highest BCUT2D eigenvalue weighted by Crippen LogP contribution is 2.20. The normalized spacial score (nSPS) is 24.4. The Bertz CT molecular complexity index is 471. The molecule has 0 aromatic heterocycles. The number of nitrogens with zero attached hydrogens (tertiary/aromatic N) is 2. The Morgan fingerprint density at radius 1 is 1.42 bits per heavy atom. The van der Waals surface area contributed by atoms with Crippen molar-refractivity contribution in [2.45, 2.75) is 32.6 Å². The molecule has 0 radical (unpaired) electrons. The van der Waals surface area contributed by atoms with E-state index >= 15 is 0 Å². The lowest BCUT2D eigenvalue weighted by Gasteiger charge is -2.35. The van der Waals surface area contributed by atoms with Crippen molar-refractivity contribution in [3.8, 4) is 0 Å². The average molecular weight is 268 g/mol. The van der Waals surface area contributed by atoms with Crippen molar-refractivity contribution < 1.29 is 14.1 Å². The second-order valence-electron chi connectivity index (χ2n) is 4.99. The molecule has 6 heteroatoms. The number of morpholine rings is 1. The van der Waals surface area contributed by atoms with Crippen molar-refractivity contribution >= 4 is 5.69 Å². The van der Waals surface area contributed by atoms with E-state index < -0.39 is 16.4 Å². The monoisotopic (exact) mass is 268 g/mol. The molecule has 0 spiro atoms. The molecular formula is C13H17FN2O3. The summed E-state index contributed by atoms with van der Waals surface area (Å²) in [6.45, 7) is 6.14. The molecule has 2 unspecified atom stereocenters. The fraction of sp³-hybridized carbons (Fsp3) is 0.538. The Morgan fingerprint density at radius 3 is 2.58 bits per heavy atom. The van der Waals surface area contributed by atoms with Gasteiger partial charge in [-0.15, -0.1) is 0 Å². The van der Waals surface area contributed by atoms with E-state index in [0.717, 1.165) is 18.7 Å². The molecule has 0 amide bonds. The summed E-state index contributed by atoms with van der Waals surface area (Å²) in [5, 5.41) is 10.5. The SMILES string of the molecule is CC1CN(Cc2ccc([N+](=O)[O-])c(F)c2)CC(C)O1. The van der Waals surface area contributed by atoms with Crippen LogP contribution in [0.1, 0.15) is 19.4 Å². The Morgan fingerprint density at radius 2 is 2.05 bits per heavy atom. The molecule has 1 aromatic carbocycles. The van der Waals surface area contributed by atoms with E-state index in [1.54, 1.807) is 6.07 Å². The number of benzene rings is 1. The highest BCUT2D eigenvalue weighted by atomic mass is 19.1. The van der Waals surface area contributed by atoms with Crippen LogP contribution in [0.15, 0.2) is 18.2 Å². The van der Waals surface area contributed by atoms with Crippen LogP contribution in [-0.2, 0) is 11.3 Å². The Hall–Kier alpha value is -1.53. The second-order valence-corrected chi connectivity index (χ2v) is 4.99. The molecule has 1 aromatic rings. The van der Waals surface area contributed by atoms with Crippen molar-refractivity contribution in [1.82, 2.24) is 4.90 Å². The molecular weight excluding hydrogens is 251 g/mol. The average Bonchev–Trinajstić information content (AvgIpc) is 2.26. The maximum Gasteiger partial charge on any atom is 0.304 e. The van der Waals surface area contributed by atoms with Crippen LogP contribution >= 0.6 is 0 Å². The first kappa shape index (κ1) is 13.9. The Labute approximate surface area is 111 Å². The lowest BCUT2D eigenvalue weighted by molar-refractivity contribution is -0.387. The summed E-state index contributed by atoms with van der Waals surface area (Å²) in [7, 11) is 0. The third-order valence-electron chi connectivity index (χ3n) is 3.11. The Kier molecular flexibility index (Phi) is 4.11. The van der Waals surface area contributed by atoms with Crippen molar-refractivity contribution in [2.24, 2.45) is 0 Å². The summed E-state index contributed by atoms with van der Waals surface area (Å²) in [5.41, 5.74) is 0.261. The summed E-state index contributed by atoms with van der Waals surface area (Å²) in [5.74, 6) is -0.781. The number of halogens is 1. The standard InChI is InChI=1S/C13H17FN2O3/c1-9-6-15(7-10(2)19-9)8-11-3-4-13(16(17)18)12(14)5-11/h3-5,9-10H,6-8H2,1-2H3. The molecule has 5 nitrogen and oxygen atoms in total. The number of rotatable bonds is 3. The maximum absolute atomic E-state index is 13.5. The van der Waals surface area contributed by atoms with Gasteiger partial charge in [0.15, 0.2) is 0 Å². The van der Waals surface area contributed by atoms with Crippen LogP contribution in [-0.4, -0.2) is 35.1 Å². The molecule has 1 heterocycles. The predicted molar refractivity (Wildman–Crippen MR) is 68.3 cm³/mol. The fourth-order valence-electron chi connectivity index (χ4n) is 2.47. The fourth-order valence-corrected chi connectivity index (χ4v) is 2.47. The van der Waals surface area contributed by atoms with E-state index in [2.05, 4.69) is 4.90 Å².